The van der Waals surface area contributed by atoms with Crippen LogP contribution in [0.3, 0.4) is 0 Å². The molecule has 2 saturated carbocycles. The minimum atomic E-state index is -0.342. The van der Waals surface area contributed by atoms with E-state index in [0.29, 0.717) is 10.5 Å². The van der Waals surface area contributed by atoms with E-state index in [2.05, 4.69) is 21.2 Å². The summed E-state index contributed by atoms with van der Waals surface area (Å²) in [5.74, 6) is 1.75. The summed E-state index contributed by atoms with van der Waals surface area (Å²) in [7, 11) is 0. The smallest absolute Gasteiger partial charge is 0.283 e. The monoisotopic (exact) mass is 324 g/mol. The van der Waals surface area contributed by atoms with E-state index in [9.17, 15) is 10.1 Å². The number of nitrogens with one attached hydrogen (secondary N) is 1. The fraction of sp³-hybridized carbons (Fsp3) is 0.571. The number of nitrogens with zero attached hydrogens (tertiary/aromatic N) is 1. The van der Waals surface area contributed by atoms with Crippen molar-refractivity contribution in [3.63, 3.8) is 0 Å². The number of halogens is 1. The Morgan fingerprint density at radius 2 is 2.21 bits per heavy atom. The van der Waals surface area contributed by atoms with Gasteiger partial charge in [0.1, 0.15) is 0 Å². The lowest BCUT2D eigenvalue weighted by Crippen LogP contribution is -2.33. The van der Waals surface area contributed by atoms with E-state index in [4.69, 9.17) is 0 Å². The minimum absolute atomic E-state index is 0.146. The van der Waals surface area contributed by atoms with Gasteiger partial charge < -0.3 is 5.32 Å². The zero-order valence-corrected chi connectivity index (χ0v) is 12.2. The fourth-order valence-corrected chi connectivity index (χ4v) is 3.94. The molecule has 3 rings (SSSR count). The second-order valence-electron chi connectivity index (χ2n) is 5.71. The van der Waals surface area contributed by atoms with Gasteiger partial charge in [0.05, 0.1) is 9.40 Å². The lowest BCUT2D eigenvalue weighted by molar-refractivity contribution is -0.385. The molecule has 1 N–H and O–H groups in total. The van der Waals surface area contributed by atoms with Crippen molar-refractivity contribution >= 4 is 21.6 Å². The van der Waals surface area contributed by atoms with Crippen LogP contribution in [0.4, 0.5) is 5.69 Å². The number of benzene rings is 1. The second-order valence-corrected chi connectivity index (χ2v) is 6.56. The Hall–Kier alpha value is -0.940. The Morgan fingerprint density at radius 3 is 2.84 bits per heavy atom. The zero-order chi connectivity index (χ0) is 13.4. The maximum Gasteiger partial charge on any atom is 0.283 e. The van der Waals surface area contributed by atoms with Crippen LogP contribution < -0.4 is 5.32 Å². The Bertz CT molecular complexity index is 506. The van der Waals surface area contributed by atoms with E-state index in [0.717, 1.165) is 23.9 Å². The summed E-state index contributed by atoms with van der Waals surface area (Å²) >= 11 is 3.21. The summed E-state index contributed by atoms with van der Waals surface area (Å²) in [6, 6.07) is 5.97. The Kier molecular flexibility index (Phi) is 3.58. The highest BCUT2D eigenvalue weighted by molar-refractivity contribution is 9.10. The van der Waals surface area contributed by atoms with Gasteiger partial charge in [-0.2, -0.15) is 0 Å². The minimum Gasteiger partial charge on any atom is -0.310 e. The van der Waals surface area contributed by atoms with Crippen LogP contribution in [0.1, 0.15) is 31.2 Å². The highest BCUT2D eigenvalue weighted by Gasteiger charge is 2.38. The molecule has 0 aromatic heterocycles. The SMILES string of the molecule is O=[N+]([O-])c1cc(CNC2CC3CCC2C3)ccc1Br. The first-order valence-corrected chi connectivity index (χ1v) is 7.59. The summed E-state index contributed by atoms with van der Waals surface area (Å²) in [5.41, 5.74) is 1.13. The number of rotatable bonds is 4. The molecule has 0 amide bonds. The number of hydrogen-bond donors (Lipinski definition) is 1. The largest absolute Gasteiger partial charge is 0.310 e. The molecular formula is C14H17BrN2O2. The van der Waals surface area contributed by atoms with Gasteiger partial charge in [-0.1, -0.05) is 12.5 Å². The van der Waals surface area contributed by atoms with Crippen LogP contribution in [0.25, 0.3) is 0 Å². The quantitative estimate of drug-likeness (QED) is 0.679. The molecule has 0 saturated heterocycles. The van der Waals surface area contributed by atoms with Gasteiger partial charge in [-0.25, -0.2) is 0 Å². The van der Waals surface area contributed by atoms with Crippen molar-refractivity contribution in [1.29, 1.82) is 0 Å². The predicted octanol–water partition coefficient (Wildman–Crippen LogP) is 3.64. The predicted molar refractivity (Wildman–Crippen MR) is 76.9 cm³/mol. The van der Waals surface area contributed by atoms with Crippen molar-refractivity contribution in [2.24, 2.45) is 11.8 Å². The third-order valence-corrected chi connectivity index (χ3v) is 5.18. The average molecular weight is 325 g/mol. The number of nitro groups is 1. The number of nitro benzene ring substituents is 1. The molecule has 3 atom stereocenters. The first kappa shape index (κ1) is 13.1. The molecule has 5 heteroatoms. The normalized spacial score (nSPS) is 28.8. The molecule has 19 heavy (non-hydrogen) atoms. The van der Waals surface area contributed by atoms with E-state index in [1.807, 2.05) is 6.07 Å². The second kappa shape index (κ2) is 5.21. The van der Waals surface area contributed by atoms with Gasteiger partial charge in [0.25, 0.3) is 5.69 Å². The van der Waals surface area contributed by atoms with Gasteiger partial charge in [0, 0.05) is 18.7 Å². The van der Waals surface area contributed by atoms with Crippen LogP contribution in [0.2, 0.25) is 0 Å². The lowest BCUT2D eigenvalue weighted by atomic mass is 9.95. The standard InChI is InChI=1S/C14H17BrN2O2/c15-12-4-2-10(7-14(12)17(18)19)8-16-13-6-9-1-3-11(13)5-9/h2,4,7,9,11,13,16H,1,3,5-6,8H2. The Morgan fingerprint density at radius 1 is 1.37 bits per heavy atom. The molecule has 3 unspecified atom stereocenters. The van der Waals surface area contributed by atoms with Crippen LogP contribution in [-0.4, -0.2) is 11.0 Å². The van der Waals surface area contributed by atoms with Gasteiger partial charge in [-0.15, -0.1) is 0 Å². The van der Waals surface area contributed by atoms with E-state index >= 15 is 0 Å². The van der Waals surface area contributed by atoms with Crippen LogP contribution in [0.15, 0.2) is 22.7 Å². The van der Waals surface area contributed by atoms with Crippen molar-refractivity contribution < 1.29 is 4.92 Å². The van der Waals surface area contributed by atoms with Crippen molar-refractivity contribution in [2.75, 3.05) is 0 Å². The Labute approximate surface area is 120 Å². The molecule has 0 radical (unpaired) electrons. The van der Waals surface area contributed by atoms with Gasteiger partial charge in [-0.05, 0) is 58.7 Å². The summed E-state index contributed by atoms with van der Waals surface area (Å²) in [6.45, 7) is 0.724. The highest BCUT2D eigenvalue weighted by Crippen LogP contribution is 2.44. The molecule has 1 aromatic carbocycles. The Balaban J connectivity index is 1.64. The summed E-state index contributed by atoms with van der Waals surface area (Å²) in [6.07, 6.45) is 5.40. The molecule has 1 aromatic rings. The third kappa shape index (κ3) is 2.67. The topological polar surface area (TPSA) is 55.2 Å². The first-order valence-electron chi connectivity index (χ1n) is 6.79. The molecule has 0 aliphatic heterocycles. The fourth-order valence-electron chi connectivity index (χ4n) is 3.55. The van der Waals surface area contributed by atoms with E-state index in [1.165, 1.54) is 25.7 Å². The molecule has 2 aliphatic carbocycles. The van der Waals surface area contributed by atoms with Crippen LogP contribution in [0.5, 0.6) is 0 Å². The molecule has 2 fully saturated rings. The maximum atomic E-state index is 10.9. The molecule has 0 heterocycles. The molecule has 2 bridgehead atoms. The third-order valence-electron chi connectivity index (χ3n) is 4.51. The molecule has 4 nitrogen and oxygen atoms in total. The van der Waals surface area contributed by atoms with Crippen LogP contribution in [0, 0.1) is 22.0 Å². The summed E-state index contributed by atoms with van der Waals surface area (Å²) < 4.78 is 0.543. The van der Waals surface area contributed by atoms with Crippen LogP contribution >= 0.6 is 15.9 Å². The van der Waals surface area contributed by atoms with Gasteiger partial charge in [0.15, 0.2) is 0 Å². The van der Waals surface area contributed by atoms with Crippen molar-refractivity contribution in [1.82, 2.24) is 5.32 Å². The lowest BCUT2D eigenvalue weighted by Gasteiger charge is -2.23. The maximum absolute atomic E-state index is 10.9. The zero-order valence-electron chi connectivity index (χ0n) is 10.6. The van der Waals surface area contributed by atoms with Gasteiger partial charge in [-0.3, -0.25) is 10.1 Å². The molecule has 2 aliphatic rings. The van der Waals surface area contributed by atoms with Crippen molar-refractivity contribution in [2.45, 2.75) is 38.3 Å². The van der Waals surface area contributed by atoms with E-state index < -0.39 is 0 Å². The number of fused-ring (bicyclic) bond motifs is 2. The van der Waals surface area contributed by atoms with E-state index in [1.54, 1.807) is 12.1 Å². The average Bonchev–Trinajstić information content (AvgIpc) is 2.99. The summed E-state index contributed by atoms with van der Waals surface area (Å²) in [5, 5.41) is 14.5. The van der Waals surface area contributed by atoms with Crippen molar-refractivity contribution in [3.8, 4) is 0 Å². The summed E-state index contributed by atoms with van der Waals surface area (Å²) in [4.78, 5) is 10.6. The number of hydrogen-bond acceptors (Lipinski definition) is 3. The van der Waals surface area contributed by atoms with E-state index in [-0.39, 0.29) is 10.6 Å². The molecule has 102 valence electrons. The highest BCUT2D eigenvalue weighted by atomic mass is 79.9. The molecule has 0 spiro atoms. The molecular weight excluding hydrogens is 308 g/mol. The van der Waals surface area contributed by atoms with Gasteiger partial charge in [0.2, 0.25) is 0 Å². The van der Waals surface area contributed by atoms with Crippen molar-refractivity contribution in [3.05, 3.63) is 38.3 Å². The van der Waals surface area contributed by atoms with Gasteiger partial charge >= 0.3 is 0 Å². The first-order chi connectivity index (χ1) is 9.13. The van der Waals surface area contributed by atoms with Crippen LogP contribution in [-0.2, 0) is 6.54 Å².